The number of likely N-dealkylation sites (tertiary alicyclic amines) is 1. The molecule has 0 atom stereocenters. The number of guanidine groups is 1. The first-order valence-corrected chi connectivity index (χ1v) is 10.3. The Hall–Kier alpha value is -2.58. The van der Waals surface area contributed by atoms with Crippen LogP contribution in [0.1, 0.15) is 24.0 Å². The van der Waals surface area contributed by atoms with Gasteiger partial charge in [-0.1, -0.05) is 30.3 Å². The van der Waals surface area contributed by atoms with E-state index in [1.54, 1.807) is 12.3 Å². The van der Waals surface area contributed by atoms with E-state index in [1.165, 1.54) is 5.56 Å². The fraction of sp³-hybridized carbons (Fsp3) is 0.261. The number of amides is 1. The number of benzene rings is 1. The molecule has 0 aliphatic carbocycles. The molecule has 2 aromatic heterocycles. The summed E-state index contributed by atoms with van der Waals surface area (Å²) in [6.07, 6.45) is 7.43. The summed E-state index contributed by atoms with van der Waals surface area (Å²) in [5, 5.41) is 7.24. The molecule has 0 bridgehead atoms. The maximum absolute atomic E-state index is 12.4. The topological polar surface area (TPSA) is 85.4 Å². The summed E-state index contributed by atoms with van der Waals surface area (Å²) < 4.78 is 0. The molecule has 3 N–H and O–H groups in total. The van der Waals surface area contributed by atoms with E-state index in [0.29, 0.717) is 17.7 Å². The molecule has 3 aromatic rings. The molecular formula is C23H27Cl3N6O. The maximum atomic E-state index is 12.4. The summed E-state index contributed by atoms with van der Waals surface area (Å²) in [7, 11) is 0. The van der Waals surface area contributed by atoms with Crippen LogP contribution in [0.3, 0.4) is 0 Å². The molecule has 1 fully saturated rings. The lowest BCUT2D eigenvalue weighted by Gasteiger charge is -2.32. The molecule has 10 heteroatoms. The lowest BCUT2D eigenvalue weighted by Crippen LogP contribution is -2.47. The normalized spacial score (nSPS) is 17.5. The smallest absolute Gasteiger partial charge is 0.276 e. The monoisotopic (exact) mass is 508 g/mol. The molecule has 2 aliphatic rings. The number of halogens is 3. The average Bonchev–Trinajstić information content (AvgIpc) is 3.34. The Bertz CT molecular complexity index is 1120. The van der Waals surface area contributed by atoms with E-state index >= 15 is 0 Å². The molecular weight excluding hydrogens is 483 g/mol. The third-order valence-corrected chi connectivity index (χ3v) is 5.65. The molecule has 0 spiro atoms. The molecule has 1 aromatic carbocycles. The zero-order chi connectivity index (χ0) is 20.3. The van der Waals surface area contributed by atoms with Crippen molar-refractivity contribution >= 4 is 66.2 Å². The number of hydrogen-bond acceptors (Lipinski definition) is 5. The number of pyridine rings is 1. The van der Waals surface area contributed by atoms with Crippen LogP contribution in [-0.2, 0) is 11.3 Å². The SMILES string of the molecule is Cl.Cl.Cl.O=C1NC(NC2CCN(Cc3ccccc3)CC2)=NC1=Cc1c[nH]c2ncccc12. The summed E-state index contributed by atoms with van der Waals surface area (Å²) in [4.78, 5) is 26.7. The van der Waals surface area contributed by atoms with E-state index in [1.807, 2.05) is 24.4 Å². The highest BCUT2D eigenvalue weighted by Gasteiger charge is 2.25. The highest BCUT2D eigenvalue weighted by atomic mass is 35.5. The molecule has 1 amide bonds. The lowest BCUT2D eigenvalue weighted by atomic mass is 10.0. The van der Waals surface area contributed by atoms with E-state index in [4.69, 9.17) is 0 Å². The van der Waals surface area contributed by atoms with E-state index in [2.05, 4.69) is 54.8 Å². The van der Waals surface area contributed by atoms with Gasteiger partial charge in [0, 0.05) is 49.0 Å². The first-order chi connectivity index (χ1) is 14.7. The predicted octanol–water partition coefficient (Wildman–Crippen LogP) is 3.91. The molecule has 33 heavy (non-hydrogen) atoms. The quantitative estimate of drug-likeness (QED) is 0.466. The molecule has 0 unspecified atom stereocenters. The summed E-state index contributed by atoms with van der Waals surface area (Å²) >= 11 is 0. The van der Waals surface area contributed by atoms with E-state index in [0.717, 1.165) is 49.1 Å². The van der Waals surface area contributed by atoms with Crippen molar-refractivity contribution in [2.75, 3.05) is 13.1 Å². The number of aromatic amines is 1. The minimum Gasteiger partial charge on any atom is -0.353 e. The third kappa shape index (κ3) is 6.26. The first-order valence-electron chi connectivity index (χ1n) is 10.3. The van der Waals surface area contributed by atoms with Crippen LogP contribution in [0.25, 0.3) is 17.1 Å². The number of hydrogen-bond donors (Lipinski definition) is 3. The maximum Gasteiger partial charge on any atom is 0.276 e. The standard InChI is InChI=1S/C23H24N6O.3ClH/c30-22-20(13-17-14-25-21-19(17)7-4-10-24-21)27-23(28-22)26-18-8-11-29(12-9-18)15-16-5-2-1-3-6-16;;;/h1-7,10,13-14,18H,8-9,11-12,15H2,(H,24,25)(H2,26,27,28,30);3*1H. The molecule has 4 heterocycles. The van der Waals surface area contributed by atoms with Crippen molar-refractivity contribution in [3.8, 4) is 0 Å². The van der Waals surface area contributed by atoms with Gasteiger partial charge in [-0.25, -0.2) is 9.98 Å². The number of piperidine rings is 1. The summed E-state index contributed by atoms with van der Waals surface area (Å²) in [6.45, 7) is 3.04. The fourth-order valence-electron chi connectivity index (χ4n) is 4.05. The van der Waals surface area contributed by atoms with Crippen LogP contribution in [0.4, 0.5) is 0 Å². The Morgan fingerprint density at radius 3 is 2.58 bits per heavy atom. The number of fused-ring (bicyclic) bond motifs is 1. The first kappa shape index (κ1) is 26.7. The number of aliphatic imine (C=N–C) groups is 1. The average molecular weight is 510 g/mol. The molecule has 176 valence electrons. The molecule has 7 nitrogen and oxygen atoms in total. The Balaban J connectivity index is 0.00000128. The second-order valence-corrected chi connectivity index (χ2v) is 7.77. The minimum atomic E-state index is -0.183. The van der Waals surface area contributed by atoms with Gasteiger partial charge >= 0.3 is 0 Å². The largest absolute Gasteiger partial charge is 0.353 e. The summed E-state index contributed by atoms with van der Waals surface area (Å²) in [5.74, 6) is 0.364. The van der Waals surface area contributed by atoms with Crippen molar-refractivity contribution in [1.82, 2.24) is 25.5 Å². The van der Waals surface area contributed by atoms with Gasteiger partial charge in [0.1, 0.15) is 11.3 Å². The lowest BCUT2D eigenvalue weighted by molar-refractivity contribution is -0.115. The Morgan fingerprint density at radius 1 is 1.06 bits per heavy atom. The minimum absolute atomic E-state index is 0. The van der Waals surface area contributed by atoms with Crippen molar-refractivity contribution in [2.45, 2.75) is 25.4 Å². The van der Waals surface area contributed by atoms with Gasteiger partial charge < -0.3 is 10.3 Å². The fourth-order valence-corrected chi connectivity index (χ4v) is 4.05. The number of H-pyrrole nitrogens is 1. The third-order valence-electron chi connectivity index (χ3n) is 5.65. The zero-order valence-electron chi connectivity index (χ0n) is 17.9. The van der Waals surface area contributed by atoms with Crippen molar-refractivity contribution in [3.05, 3.63) is 71.7 Å². The Kier molecular flexibility index (Phi) is 9.73. The van der Waals surface area contributed by atoms with Crippen LogP contribution < -0.4 is 10.6 Å². The Labute approximate surface area is 211 Å². The van der Waals surface area contributed by atoms with Gasteiger partial charge in [-0.3, -0.25) is 15.0 Å². The van der Waals surface area contributed by atoms with Gasteiger partial charge in [0.2, 0.25) is 5.96 Å². The zero-order valence-corrected chi connectivity index (χ0v) is 20.3. The van der Waals surface area contributed by atoms with Crippen molar-refractivity contribution < 1.29 is 4.79 Å². The highest BCUT2D eigenvalue weighted by Crippen LogP contribution is 2.20. The number of carbonyl (C=O) groups is 1. The van der Waals surface area contributed by atoms with E-state index < -0.39 is 0 Å². The van der Waals surface area contributed by atoms with Gasteiger partial charge in [0.15, 0.2) is 0 Å². The number of nitrogens with zero attached hydrogens (tertiary/aromatic N) is 3. The van der Waals surface area contributed by atoms with Crippen LogP contribution in [0, 0.1) is 0 Å². The van der Waals surface area contributed by atoms with Gasteiger partial charge in [-0.05, 0) is 36.6 Å². The van der Waals surface area contributed by atoms with Crippen LogP contribution in [0.15, 0.2) is 65.5 Å². The van der Waals surface area contributed by atoms with Crippen LogP contribution in [-0.4, -0.2) is 45.9 Å². The number of nitrogens with one attached hydrogen (secondary N) is 3. The molecule has 2 aliphatic heterocycles. The second kappa shape index (κ2) is 12.0. The highest BCUT2D eigenvalue weighted by molar-refractivity contribution is 6.14. The molecule has 5 rings (SSSR count). The van der Waals surface area contributed by atoms with Gasteiger partial charge in [0.25, 0.3) is 5.91 Å². The van der Waals surface area contributed by atoms with Gasteiger partial charge in [-0.15, -0.1) is 37.2 Å². The van der Waals surface area contributed by atoms with Gasteiger partial charge in [0.05, 0.1) is 0 Å². The van der Waals surface area contributed by atoms with E-state index in [-0.39, 0.29) is 43.1 Å². The predicted molar refractivity (Wildman–Crippen MR) is 139 cm³/mol. The second-order valence-electron chi connectivity index (χ2n) is 7.77. The van der Waals surface area contributed by atoms with Gasteiger partial charge in [-0.2, -0.15) is 0 Å². The van der Waals surface area contributed by atoms with E-state index in [9.17, 15) is 4.79 Å². The molecule has 0 radical (unpaired) electrons. The number of rotatable bonds is 4. The van der Waals surface area contributed by atoms with Crippen molar-refractivity contribution in [2.24, 2.45) is 4.99 Å². The number of aromatic nitrogens is 2. The van der Waals surface area contributed by atoms with Crippen molar-refractivity contribution in [3.63, 3.8) is 0 Å². The van der Waals surface area contributed by atoms with Crippen LogP contribution in [0.5, 0.6) is 0 Å². The Morgan fingerprint density at radius 2 is 1.82 bits per heavy atom. The number of carbonyl (C=O) groups excluding carboxylic acids is 1. The molecule has 0 saturated carbocycles. The van der Waals surface area contributed by atoms with Crippen molar-refractivity contribution in [1.29, 1.82) is 0 Å². The van der Waals surface area contributed by atoms with Crippen LogP contribution in [0.2, 0.25) is 0 Å². The molecule has 1 saturated heterocycles. The summed E-state index contributed by atoms with van der Waals surface area (Å²) in [6, 6.07) is 14.7. The van der Waals surface area contributed by atoms with Crippen LogP contribution >= 0.6 is 37.2 Å². The summed E-state index contributed by atoms with van der Waals surface area (Å²) in [5.41, 5.74) is 3.46.